The van der Waals surface area contributed by atoms with Crippen LogP contribution in [-0.4, -0.2) is 10.9 Å². The average Bonchev–Trinajstić information content (AvgIpc) is 2.96. The lowest BCUT2D eigenvalue weighted by molar-refractivity contribution is -0.115. The van der Waals surface area contributed by atoms with Gasteiger partial charge in [0.1, 0.15) is 5.01 Å². The van der Waals surface area contributed by atoms with Crippen molar-refractivity contribution in [3.05, 3.63) is 39.8 Å². The van der Waals surface area contributed by atoms with Crippen molar-refractivity contribution in [1.82, 2.24) is 4.98 Å². The van der Waals surface area contributed by atoms with Gasteiger partial charge in [-0.25, -0.2) is 4.98 Å². The standard InChI is InChI=1S/C14H16ClN3OS/c1-3-13(19)18-10-4-5-11(15)12(8-10)17-9(2)14-16-6-7-20-14/h4-9,17H,3H2,1-2H3,(H,18,19). The van der Waals surface area contributed by atoms with Crippen molar-refractivity contribution in [1.29, 1.82) is 0 Å². The molecule has 2 aromatic rings. The molecule has 106 valence electrons. The lowest BCUT2D eigenvalue weighted by Gasteiger charge is -2.15. The quantitative estimate of drug-likeness (QED) is 0.865. The van der Waals surface area contributed by atoms with Crippen LogP contribution in [-0.2, 0) is 4.79 Å². The van der Waals surface area contributed by atoms with Gasteiger partial charge in [0.25, 0.3) is 0 Å². The summed E-state index contributed by atoms with van der Waals surface area (Å²) in [4.78, 5) is 15.7. The molecule has 0 spiro atoms. The van der Waals surface area contributed by atoms with Crippen molar-refractivity contribution in [3.8, 4) is 0 Å². The summed E-state index contributed by atoms with van der Waals surface area (Å²) in [7, 11) is 0. The first-order valence-corrected chi connectivity index (χ1v) is 7.61. The van der Waals surface area contributed by atoms with Crippen molar-refractivity contribution in [3.63, 3.8) is 0 Å². The average molecular weight is 310 g/mol. The number of carbonyl (C=O) groups excluding carboxylic acids is 1. The molecule has 20 heavy (non-hydrogen) atoms. The maximum Gasteiger partial charge on any atom is 0.224 e. The monoisotopic (exact) mass is 309 g/mol. The maximum atomic E-state index is 11.4. The van der Waals surface area contributed by atoms with Crippen LogP contribution < -0.4 is 10.6 Å². The molecule has 6 heteroatoms. The summed E-state index contributed by atoms with van der Waals surface area (Å²) < 4.78 is 0. The number of rotatable bonds is 5. The summed E-state index contributed by atoms with van der Waals surface area (Å²) in [5, 5.41) is 9.67. The first kappa shape index (κ1) is 14.8. The molecule has 4 nitrogen and oxygen atoms in total. The minimum Gasteiger partial charge on any atom is -0.375 e. The van der Waals surface area contributed by atoms with Crippen molar-refractivity contribution in [2.24, 2.45) is 0 Å². The number of nitrogens with one attached hydrogen (secondary N) is 2. The lowest BCUT2D eigenvalue weighted by Crippen LogP contribution is -2.11. The fourth-order valence-corrected chi connectivity index (χ4v) is 2.52. The number of aromatic nitrogens is 1. The molecule has 1 unspecified atom stereocenters. The molecule has 1 heterocycles. The Bertz CT molecular complexity index is 586. The summed E-state index contributed by atoms with van der Waals surface area (Å²) in [6.45, 7) is 3.83. The highest BCUT2D eigenvalue weighted by Crippen LogP contribution is 2.29. The minimum atomic E-state index is -0.0220. The van der Waals surface area contributed by atoms with Gasteiger partial charge < -0.3 is 10.6 Å². The molecule has 0 aliphatic carbocycles. The molecule has 0 fully saturated rings. The van der Waals surface area contributed by atoms with Gasteiger partial charge >= 0.3 is 0 Å². The van der Waals surface area contributed by atoms with E-state index >= 15 is 0 Å². The molecule has 0 bridgehead atoms. The topological polar surface area (TPSA) is 54.0 Å². The smallest absolute Gasteiger partial charge is 0.224 e. The van der Waals surface area contributed by atoms with Crippen LogP contribution in [0.3, 0.4) is 0 Å². The van der Waals surface area contributed by atoms with E-state index in [4.69, 9.17) is 11.6 Å². The Kier molecular flexibility index (Phi) is 4.98. The number of halogens is 1. The molecule has 0 aliphatic rings. The third kappa shape index (κ3) is 3.71. The van der Waals surface area contributed by atoms with E-state index in [0.717, 1.165) is 16.4 Å². The van der Waals surface area contributed by atoms with Gasteiger partial charge in [0.05, 0.1) is 16.8 Å². The second-order valence-corrected chi connectivity index (χ2v) is 5.67. The van der Waals surface area contributed by atoms with E-state index in [-0.39, 0.29) is 11.9 Å². The van der Waals surface area contributed by atoms with E-state index in [1.54, 1.807) is 29.7 Å². The van der Waals surface area contributed by atoms with E-state index in [1.807, 2.05) is 25.3 Å². The first-order valence-electron chi connectivity index (χ1n) is 6.35. The Morgan fingerprint density at radius 3 is 2.95 bits per heavy atom. The molecule has 0 saturated carbocycles. The number of thiazole rings is 1. The number of hydrogen-bond donors (Lipinski definition) is 2. The van der Waals surface area contributed by atoms with E-state index in [9.17, 15) is 4.79 Å². The second-order valence-electron chi connectivity index (χ2n) is 4.33. The van der Waals surface area contributed by atoms with Crippen LogP contribution in [0.5, 0.6) is 0 Å². The van der Waals surface area contributed by atoms with Gasteiger partial charge in [0, 0.05) is 23.7 Å². The summed E-state index contributed by atoms with van der Waals surface area (Å²) in [6.07, 6.45) is 2.22. The zero-order valence-electron chi connectivity index (χ0n) is 11.3. The molecule has 1 aromatic carbocycles. The molecular weight excluding hydrogens is 294 g/mol. The number of benzene rings is 1. The first-order chi connectivity index (χ1) is 9.60. The van der Waals surface area contributed by atoms with Gasteiger partial charge in [-0.15, -0.1) is 11.3 Å². The van der Waals surface area contributed by atoms with Crippen LogP contribution in [0.15, 0.2) is 29.8 Å². The molecule has 2 N–H and O–H groups in total. The number of anilines is 2. The van der Waals surface area contributed by atoms with Crippen molar-refractivity contribution in [2.75, 3.05) is 10.6 Å². The summed E-state index contributed by atoms with van der Waals surface area (Å²) in [6, 6.07) is 5.45. The molecule has 0 aliphatic heterocycles. The predicted molar refractivity (Wildman–Crippen MR) is 84.5 cm³/mol. The number of nitrogens with zero attached hydrogens (tertiary/aromatic N) is 1. The van der Waals surface area contributed by atoms with Crippen molar-refractivity contribution < 1.29 is 4.79 Å². The molecule has 2 rings (SSSR count). The highest BCUT2D eigenvalue weighted by Gasteiger charge is 2.11. The highest BCUT2D eigenvalue weighted by atomic mass is 35.5. The van der Waals surface area contributed by atoms with Crippen LogP contribution in [0.2, 0.25) is 5.02 Å². The molecule has 1 aromatic heterocycles. The maximum absolute atomic E-state index is 11.4. The van der Waals surface area contributed by atoms with Crippen LogP contribution in [0.1, 0.15) is 31.3 Å². The van der Waals surface area contributed by atoms with E-state index in [1.165, 1.54) is 0 Å². The van der Waals surface area contributed by atoms with Crippen molar-refractivity contribution >= 4 is 40.2 Å². The summed E-state index contributed by atoms with van der Waals surface area (Å²) >= 11 is 7.77. The summed E-state index contributed by atoms with van der Waals surface area (Å²) in [5.74, 6) is -0.0220. The van der Waals surface area contributed by atoms with E-state index < -0.39 is 0 Å². The predicted octanol–water partition coefficient (Wildman–Crippen LogP) is 4.32. The lowest BCUT2D eigenvalue weighted by atomic mass is 10.2. The molecule has 0 radical (unpaired) electrons. The Morgan fingerprint density at radius 2 is 2.30 bits per heavy atom. The molecule has 1 atom stereocenters. The third-order valence-electron chi connectivity index (χ3n) is 2.77. The third-order valence-corrected chi connectivity index (χ3v) is 4.05. The molecule has 1 amide bonds. The van der Waals surface area contributed by atoms with E-state index in [2.05, 4.69) is 15.6 Å². The van der Waals surface area contributed by atoms with Crippen LogP contribution in [0.25, 0.3) is 0 Å². The number of amides is 1. The van der Waals surface area contributed by atoms with Gasteiger partial charge in [-0.3, -0.25) is 4.79 Å². The fraction of sp³-hybridized carbons (Fsp3) is 0.286. The Labute approximate surface area is 127 Å². The van der Waals surface area contributed by atoms with Gasteiger partial charge in [0.2, 0.25) is 5.91 Å². The fourth-order valence-electron chi connectivity index (χ4n) is 1.71. The SMILES string of the molecule is CCC(=O)Nc1ccc(Cl)c(NC(C)c2nccs2)c1. The minimum absolute atomic E-state index is 0.0220. The summed E-state index contributed by atoms with van der Waals surface area (Å²) in [5.41, 5.74) is 1.51. The van der Waals surface area contributed by atoms with Crippen molar-refractivity contribution in [2.45, 2.75) is 26.3 Å². The van der Waals surface area contributed by atoms with Gasteiger partial charge in [-0.1, -0.05) is 18.5 Å². The molecule has 0 saturated heterocycles. The van der Waals surface area contributed by atoms with Gasteiger partial charge in [-0.05, 0) is 25.1 Å². The molecular formula is C14H16ClN3OS. The number of hydrogen-bond acceptors (Lipinski definition) is 4. The van der Waals surface area contributed by atoms with Crippen LogP contribution in [0, 0.1) is 0 Å². The number of carbonyl (C=O) groups is 1. The van der Waals surface area contributed by atoms with E-state index in [0.29, 0.717) is 11.4 Å². The van der Waals surface area contributed by atoms with Gasteiger partial charge in [-0.2, -0.15) is 0 Å². The largest absolute Gasteiger partial charge is 0.375 e. The Hall–Kier alpha value is -1.59. The van der Waals surface area contributed by atoms with Crippen LogP contribution >= 0.6 is 22.9 Å². The normalized spacial score (nSPS) is 11.9. The highest BCUT2D eigenvalue weighted by molar-refractivity contribution is 7.09. The Balaban J connectivity index is 2.14. The Morgan fingerprint density at radius 1 is 1.50 bits per heavy atom. The zero-order chi connectivity index (χ0) is 14.5. The zero-order valence-corrected chi connectivity index (χ0v) is 12.9. The van der Waals surface area contributed by atoms with Crippen LogP contribution in [0.4, 0.5) is 11.4 Å². The second kappa shape index (κ2) is 6.72. The van der Waals surface area contributed by atoms with Gasteiger partial charge in [0.15, 0.2) is 0 Å².